The summed E-state index contributed by atoms with van der Waals surface area (Å²) in [4.78, 5) is 13.7. The van der Waals surface area contributed by atoms with E-state index < -0.39 is 5.24 Å². The Bertz CT molecular complexity index is 661. The third kappa shape index (κ3) is 3.60. The molecule has 0 radical (unpaired) electrons. The highest BCUT2D eigenvalue weighted by atomic mass is 35.5. The molecule has 4 heteroatoms. The Labute approximate surface area is 121 Å². The summed E-state index contributed by atoms with van der Waals surface area (Å²) in [5.74, 6) is 0. The van der Waals surface area contributed by atoms with Crippen LogP contribution in [0.5, 0.6) is 0 Å². The summed E-state index contributed by atoms with van der Waals surface area (Å²) in [5.41, 5.74) is 1.56. The van der Waals surface area contributed by atoms with E-state index in [0.717, 1.165) is 0 Å². The molecule has 96 valence electrons. The largest absolute Gasteiger partial charge is 0.361 e. The first-order valence-corrected chi connectivity index (χ1v) is 6.40. The van der Waals surface area contributed by atoms with Gasteiger partial charge in [-0.05, 0) is 41.3 Å². The Morgan fingerprint density at radius 1 is 0.947 bits per heavy atom. The van der Waals surface area contributed by atoms with Crippen molar-refractivity contribution in [3.8, 4) is 0 Å². The van der Waals surface area contributed by atoms with Crippen molar-refractivity contribution < 1.29 is 4.79 Å². The van der Waals surface area contributed by atoms with E-state index in [9.17, 15) is 4.79 Å². The lowest BCUT2D eigenvalue weighted by Crippen LogP contribution is -1.87. The quantitative estimate of drug-likeness (QED) is 0.636. The van der Waals surface area contributed by atoms with Crippen LogP contribution >= 0.6 is 23.2 Å². The zero-order chi connectivity index (χ0) is 13.7. The summed E-state index contributed by atoms with van der Waals surface area (Å²) in [7, 11) is 0. The van der Waals surface area contributed by atoms with Crippen molar-refractivity contribution in [2.75, 3.05) is 0 Å². The zero-order valence-corrected chi connectivity index (χ0v) is 11.4. The Hall–Kier alpha value is -1.77. The molecule has 0 saturated carbocycles. The maximum Gasteiger partial charge on any atom is 0.253 e. The van der Waals surface area contributed by atoms with Gasteiger partial charge in [-0.15, -0.1) is 0 Å². The second-order valence-electron chi connectivity index (χ2n) is 3.82. The Kier molecular flexibility index (Phi) is 4.61. The second kappa shape index (κ2) is 6.41. The molecule has 0 amide bonds. The number of aromatic amines is 1. The van der Waals surface area contributed by atoms with Gasteiger partial charge < -0.3 is 4.98 Å². The normalized spacial score (nSPS) is 9.79. The Morgan fingerprint density at radius 3 is 2.26 bits per heavy atom. The first-order chi connectivity index (χ1) is 9.18. The van der Waals surface area contributed by atoms with E-state index in [1.54, 1.807) is 24.3 Å². The third-order valence-electron chi connectivity index (χ3n) is 2.55. The fourth-order valence-electron chi connectivity index (χ4n) is 1.62. The molecule has 0 bridgehead atoms. The van der Waals surface area contributed by atoms with Gasteiger partial charge in [0, 0.05) is 11.7 Å². The summed E-state index contributed by atoms with van der Waals surface area (Å²) >= 11 is 10.8. The zero-order valence-electron chi connectivity index (χ0n) is 9.94. The average Bonchev–Trinajstić information content (AvgIpc) is 2.88. The number of fused-ring (bicyclic) bond motifs is 1. The van der Waals surface area contributed by atoms with Gasteiger partial charge in [0.1, 0.15) is 0 Å². The SMILES string of the molecule is O=C(Cl)c1ccccc1Cl.c1ccc2[nH]ccc2c1. The molecule has 1 aromatic heterocycles. The van der Waals surface area contributed by atoms with E-state index in [4.69, 9.17) is 23.2 Å². The Balaban J connectivity index is 0.000000141. The van der Waals surface area contributed by atoms with Gasteiger partial charge in [0.05, 0.1) is 10.6 Å². The number of hydrogen-bond donors (Lipinski definition) is 1. The molecule has 0 aliphatic heterocycles. The van der Waals surface area contributed by atoms with Gasteiger partial charge in [-0.1, -0.05) is 41.9 Å². The van der Waals surface area contributed by atoms with Crippen molar-refractivity contribution in [1.29, 1.82) is 0 Å². The smallest absolute Gasteiger partial charge is 0.253 e. The number of hydrogen-bond acceptors (Lipinski definition) is 1. The van der Waals surface area contributed by atoms with Gasteiger partial charge in [0.2, 0.25) is 0 Å². The van der Waals surface area contributed by atoms with Crippen LogP contribution in [0.1, 0.15) is 10.4 Å². The molecule has 3 aromatic rings. The van der Waals surface area contributed by atoms with Crippen LogP contribution in [-0.2, 0) is 0 Å². The van der Waals surface area contributed by atoms with Crippen molar-refractivity contribution in [3.63, 3.8) is 0 Å². The highest BCUT2D eigenvalue weighted by molar-refractivity contribution is 6.68. The molecule has 1 N–H and O–H groups in total. The van der Waals surface area contributed by atoms with Crippen LogP contribution in [0.15, 0.2) is 60.8 Å². The van der Waals surface area contributed by atoms with Crippen LogP contribution in [0.3, 0.4) is 0 Å². The second-order valence-corrected chi connectivity index (χ2v) is 4.57. The minimum atomic E-state index is -0.523. The first-order valence-electron chi connectivity index (χ1n) is 5.65. The lowest BCUT2D eigenvalue weighted by Gasteiger charge is -1.93. The van der Waals surface area contributed by atoms with Gasteiger partial charge in [0.25, 0.3) is 5.24 Å². The highest BCUT2D eigenvalue weighted by Crippen LogP contribution is 2.16. The minimum absolute atomic E-state index is 0.353. The van der Waals surface area contributed by atoms with E-state index in [1.165, 1.54) is 10.9 Å². The molecule has 0 aliphatic carbocycles. The van der Waals surface area contributed by atoms with E-state index in [0.29, 0.717) is 10.6 Å². The van der Waals surface area contributed by atoms with Crippen molar-refractivity contribution >= 4 is 39.3 Å². The molecule has 0 spiro atoms. The van der Waals surface area contributed by atoms with Crippen LogP contribution < -0.4 is 0 Å². The van der Waals surface area contributed by atoms with Crippen LogP contribution in [0, 0.1) is 0 Å². The summed E-state index contributed by atoms with van der Waals surface area (Å²) in [6.07, 6.45) is 1.95. The summed E-state index contributed by atoms with van der Waals surface area (Å²) in [6, 6.07) is 16.9. The van der Waals surface area contributed by atoms with Crippen molar-refractivity contribution in [3.05, 3.63) is 71.4 Å². The summed E-state index contributed by atoms with van der Waals surface area (Å²) in [6.45, 7) is 0. The topological polar surface area (TPSA) is 32.9 Å². The van der Waals surface area contributed by atoms with Crippen molar-refractivity contribution in [1.82, 2.24) is 4.98 Å². The van der Waals surface area contributed by atoms with Gasteiger partial charge in [-0.2, -0.15) is 0 Å². The molecule has 2 nitrogen and oxygen atoms in total. The van der Waals surface area contributed by atoms with Gasteiger partial charge in [-0.25, -0.2) is 0 Å². The monoisotopic (exact) mass is 291 g/mol. The summed E-state index contributed by atoms with van der Waals surface area (Å²) < 4.78 is 0. The van der Waals surface area contributed by atoms with Crippen LogP contribution in [0.25, 0.3) is 10.9 Å². The van der Waals surface area contributed by atoms with Crippen LogP contribution in [0.2, 0.25) is 5.02 Å². The highest BCUT2D eigenvalue weighted by Gasteiger charge is 2.04. The lowest BCUT2D eigenvalue weighted by atomic mass is 10.2. The number of rotatable bonds is 1. The van der Waals surface area contributed by atoms with Gasteiger partial charge in [-0.3, -0.25) is 4.79 Å². The number of aromatic nitrogens is 1. The molecule has 0 aliphatic rings. The van der Waals surface area contributed by atoms with E-state index in [-0.39, 0.29) is 0 Å². The molecule has 0 atom stereocenters. The predicted octanol–water partition coefficient (Wildman–Crippen LogP) is 4.89. The summed E-state index contributed by atoms with van der Waals surface area (Å²) in [5, 5.41) is 1.14. The predicted molar refractivity (Wildman–Crippen MR) is 79.9 cm³/mol. The number of carbonyl (C=O) groups excluding carboxylic acids is 1. The number of H-pyrrole nitrogens is 1. The average molecular weight is 292 g/mol. The van der Waals surface area contributed by atoms with Crippen molar-refractivity contribution in [2.45, 2.75) is 0 Å². The fourth-order valence-corrected chi connectivity index (χ4v) is 2.05. The number of benzene rings is 2. The lowest BCUT2D eigenvalue weighted by molar-refractivity contribution is 0.108. The fraction of sp³-hybridized carbons (Fsp3) is 0. The molecule has 0 fully saturated rings. The number of halogens is 2. The molecule has 0 saturated heterocycles. The van der Waals surface area contributed by atoms with Gasteiger partial charge >= 0.3 is 0 Å². The molecule has 3 rings (SSSR count). The van der Waals surface area contributed by atoms with Gasteiger partial charge in [0.15, 0.2) is 0 Å². The maximum absolute atomic E-state index is 10.5. The third-order valence-corrected chi connectivity index (χ3v) is 3.08. The molecular weight excluding hydrogens is 281 g/mol. The van der Waals surface area contributed by atoms with Crippen molar-refractivity contribution in [2.24, 2.45) is 0 Å². The first kappa shape index (κ1) is 13.7. The Morgan fingerprint density at radius 2 is 1.63 bits per heavy atom. The minimum Gasteiger partial charge on any atom is -0.361 e. The van der Waals surface area contributed by atoms with E-state index in [2.05, 4.69) is 23.2 Å². The van der Waals surface area contributed by atoms with Crippen LogP contribution in [0.4, 0.5) is 0 Å². The molecule has 2 aromatic carbocycles. The number of nitrogens with one attached hydrogen (secondary N) is 1. The van der Waals surface area contributed by atoms with Crippen LogP contribution in [-0.4, -0.2) is 10.2 Å². The molecule has 0 unspecified atom stereocenters. The molecular formula is C15H11Cl2NO. The molecule has 1 heterocycles. The standard InChI is InChI=1S/C8H7N.C7H4Cl2O/c1-2-4-8-7(3-1)5-6-9-8;8-6-4-2-1-3-5(6)7(9)10/h1-6,9H;1-4H. The number of carbonyl (C=O) groups is 1. The van der Waals surface area contributed by atoms with E-state index >= 15 is 0 Å². The maximum atomic E-state index is 10.5. The van der Waals surface area contributed by atoms with E-state index in [1.807, 2.05) is 18.3 Å². The number of para-hydroxylation sites is 1. The molecule has 19 heavy (non-hydrogen) atoms.